The van der Waals surface area contributed by atoms with Crippen LogP contribution in [0.2, 0.25) is 0 Å². The van der Waals surface area contributed by atoms with Crippen molar-refractivity contribution < 1.29 is 22.7 Å². The van der Waals surface area contributed by atoms with Crippen LogP contribution in [-0.2, 0) is 16.1 Å². The molecule has 0 N–H and O–H groups in total. The zero-order chi connectivity index (χ0) is 18.7. The van der Waals surface area contributed by atoms with E-state index in [1.165, 1.54) is 0 Å². The standard InChI is InChI=1S/C18H22F3N3O2/c1-2-23-14-7-4-3-6-13(14)22-17(23)15-8-5-10-24(15)16(25)9-11-26-12-18(19,20)21/h3-4,6-7,15H,2,5,8-12H2,1H3/t15-/m0/s1. The van der Waals surface area contributed by atoms with Crippen LogP contribution in [-0.4, -0.2) is 46.3 Å². The van der Waals surface area contributed by atoms with Crippen LogP contribution in [0, 0.1) is 0 Å². The fourth-order valence-electron chi connectivity index (χ4n) is 3.51. The minimum absolute atomic E-state index is 0.0566. The van der Waals surface area contributed by atoms with Crippen LogP contribution in [0.15, 0.2) is 24.3 Å². The van der Waals surface area contributed by atoms with Gasteiger partial charge in [-0.15, -0.1) is 0 Å². The minimum atomic E-state index is -4.37. The highest BCUT2D eigenvalue weighted by Crippen LogP contribution is 2.33. The van der Waals surface area contributed by atoms with Crippen molar-refractivity contribution in [3.63, 3.8) is 0 Å². The number of amides is 1. The van der Waals surface area contributed by atoms with Crippen molar-refractivity contribution in [1.82, 2.24) is 14.5 Å². The first-order valence-corrected chi connectivity index (χ1v) is 8.80. The third-order valence-corrected chi connectivity index (χ3v) is 4.60. The summed E-state index contributed by atoms with van der Waals surface area (Å²) >= 11 is 0. The Morgan fingerprint density at radius 2 is 2.12 bits per heavy atom. The van der Waals surface area contributed by atoms with Gasteiger partial charge in [-0.3, -0.25) is 4.79 Å². The van der Waals surface area contributed by atoms with Gasteiger partial charge in [0.2, 0.25) is 5.91 Å². The number of carbonyl (C=O) groups excluding carboxylic acids is 1. The van der Waals surface area contributed by atoms with E-state index >= 15 is 0 Å². The first kappa shape index (κ1) is 18.7. The van der Waals surface area contributed by atoms with Crippen molar-refractivity contribution in [1.29, 1.82) is 0 Å². The summed E-state index contributed by atoms with van der Waals surface area (Å²) in [5.41, 5.74) is 1.91. The molecule has 1 aliphatic rings. The Labute approximate surface area is 149 Å². The Morgan fingerprint density at radius 3 is 2.85 bits per heavy atom. The smallest absolute Gasteiger partial charge is 0.372 e. The number of likely N-dealkylation sites (tertiary alicyclic amines) is 1. The molecule has 0 aliphatic carbocycles. The topological polar surface area (TPSA) is 47.4 Å². The van der Waals surface area contributed by atoms with Gasteiger partial charge in [0.15, 0.2) is 0 Å². The van der Waals surface area contributed by atoms with Gasteiger partial charge in [-0.1, -0.05) is 12.1 Å². The van der Waals surface area contributed by atoms with E-state index in [0.717, 1.165) is 36.2 Å². The summed E-state index contributed by atoms with van der Waals surface area (Å²) in [6.45, 7) is 1.81. The van der Waals surface area contributed by atoms with E-state index in [2.05, 4.69) is 9.30 Å². The normalized spacial score (nSPS) is 18.0. The quantitative estimate of drug-likeness (QED) is 0.730. The minimum Gasteiger partial charge on any atom is -0.372 e. The van der Waals surface area contributed by atoms with Crippen molar-refractivity contribution >= 4 is 16.9 Å². The van der Waals surface area contributed by atoms with Gasteiger partial charge in [-0.25, -0.2) is 4.98 Å². The zero-order valence-corrected chi connectivity index (χ0v) is 14.6. The number of rotatable bonds is 6. The molecule has 1 aliphatic heterocycles. The summed E-state index contributed by atoms with van der Waals surface area (Å²) in [6, 6.07) is 7.68. The third-order valence-electron chi connectivity index (χ3n) is 4.60. The molecule has 1 atom stereocenters. The van der Waals surface area contributed by atoms with Crippen LogP contribution in [0.3, 0.4) is 0 Å². The third kappa shape index (κ3) is 4.00. The number of alkyl halides is 3. The number of para-hydroxylation sites is 2. The molecule has 142 valence electrons. The molecular weight excluding hydrogens is 347 g/mol. The SMILES string of the molecule is CCn1c([C@@H]2CCCN2C(=O)CCOCC(F)(F)F)nc2ccccc21. The number of benzene rings is 1. The van der Waals surface area contributed by atoms with Crippen molar-refractivity contribution in [2.75, 3.05) is 19.8 Å². The van der Waals surface area contributed by atoms with E-state index in [9.17, 15) is 18.0 Å². The molecule has 1 saturated heterocycles. The molecule has 1 fully saturated rings. The lowest BCUT2D eigenvalue weighted by molar-refractivity contribution is -0.175. The Balaban J connectivity index is 1.71. The number of nitrogens with zero attached hydrogens (tertiary/aromatic N) is 3. The number of ether oxygens (including phenoxy) is 1. The second-order valence-corrected chi connectivity index (χ2v) is 6.37. The van der Waals surface area contributed by atoms with E-state index < -0.39 is 12.8 Å². The summed E-state index contributed by atoms with van der Waals surface area (Å²) in [5.74, 6) is 0.653. The summed E-state index contributed by atoms with van der Waals surface area (Å²) in [6.07, 6.45) is -2.77. The lowest BCUT2D eigenvalue weighted by Gasteiger charge is -2.25. The molecule has 3 rings (SSSR count). The molecule has 0 spiro atoms. The molecule has 1 amide bonds. The second kappa shape index (κ2) is 7.65. The molecule has 0 unspecified atom stereocenters. The molecule has 0 radical (unpaired) electrons. The van der Waals surface area contributed by atoms with Gasteiger partial charge in [0.25, 0.3) is 0 Å². The maximum Gasteiger partial charge on any atom is 0.411 e. The highest BCUT2D eigenvalue weighted by atomic mass is 19.4. The molecule has 1 aromatic carbocycles. The molecule has 0 bridgehead atoms. The Morgan fingerprint density at radius 1 is 1.35 bits per heavy atom. The van der Waals surface area contributed by atoms with Crippen LogP contribution in [0.4, 0.5) is 13.2 Å². The van der Waals surface area contributed by atoms with Crippen molar-refractivity contribution in [2.45, 2.75) is 44.9 Å². The second-order valence-electron chi connectivity index (χ2n) is 6.37. The van der Waals surface area contributed by atoms with Gasteiger partial charge in [-0.2, -0.15) is 13.2 Å². The van der Waals surface area contributed by atoms with Gasteiger partial charge >= 0.3 is 6.18 Å². The monoisotopic (exact) mass is 369 g/mol. The predicted molar refractivity (Wildman–Crippen MR) is 90.6 cm³/mol. The number of halogens is 3. The van der Waals surface area contributed by atoms with Crippen molar-refractivity contribution in [3.05, 3.63) is 30.1 Å². The highest BCUT2D eigenvalue weighted by molar-refractivity contribution is 5.78. The molecule has 5 nitrogen and oxygen atoms in total. The van der Waals surface area contributed by atoms with Crippen molar-refractivity contribution in [2.24, 2.45) is 0 Å². The number of carbonyl (C=O) groups is 1. The van der Waals surface area contributed by atoms with E-state index in [1.54, 1.807) is 4.90 Å². The summed E-state index contributed by atoms with van der Waals surface area (Å²) in [7, 11) is 0. The number of fused-ring (bicyclic) bond motifs is 1. The zero-order valence-electron chi connectivity index (χ0n) is 14.6. The largest absolute Gasteiger partial charge is 0.411 e. The molecule has 8 heteroatoms. The van der Waals surface area contributed by atoms with E-state index in [0.29, 0.717) is 6.54 Å². The van der Waals surface area contributed by atoms with Crippen molar-refractivity contribution in [3.8, 4) is 0 Å². The molecule has 1 aromatic heterocycles. The molecule has 2 aromatic rings. The molecule has 2 heterocycles. The number of aromatic nitrogens is 2. The highest BCUT2D eigenvalue weighted by Gasteiger charge is 2.33. The first-order valence-electron chi connectivity index (χ1n) is 8.80. The lowest BCUT2D eigenvalue weighted by Crippen LogP contribution is -2.33. The molecular formula is C18H22F3N3O2. The van der Waals surface area contributed by atoms with Crippen LogP contribution < -0.4 is 0 Å². The fraction of sp³-hybridized carbons (Fsp3) is 0.556. The van der Waals surface area contributed by atoms with Crippen LogP contribution in [0.1, 0.15) is 38.1 Å². The Bertz CT molecular complexity index is 773. The Hall–Kier alpha value is -2.09. The number of hydrogen-bond donors (Lipinski definition) is 0. The Kier molecular flexibility index (Phi) is 5.50. The summed E-state index contributed by atoms with van der Waals surface area (Å²) < 4.78 is 43.0. The predicted octanol–water partition coefficient (Wildman–Crippen LogP) is 3.69. The van der Waals surface area contributed by atoms with Gasteiger partial charge < -0.3 is 14.2 Å². The van der Waals surface area contributed by atoms with Gasteiger partial charge in [-0.05, 0) is 31.9 Å². The summed E-state index contributed by atoms with van der Waals surface area (Å²) in [5, 5.41) is 0. The van der Waals surface area contributed by atoms with Gasteiger partial charge in [0.1, 0.15) is 12.4 Å². The van der Waals surface area contributed by atoms with Crippen LogP contribution >= 0.6 is 0 Å². The summed E-state index contributed by atoms with van der Waals surface area (Å²) in [4.78, 5) is 18.9. The average molecular weight is 369 g/mol. The van der Waals surface area contributed by atoms with E-state index in [-0.39, 0.29) is 25.0 Å². The number of aryl methyl sites for hydroxylation is 1. The van der Waals surface area contributed by atoms with Crippen LogP contribution in [0.25, 0.3) is 11.0 Å². The van der Waals surface area contributed by atoms with Gasteiger partial charge in [0.05, 0.1) is 30.1 Å². The fourth-order valence-corrected chi connectivity index (χ4v) is 3.51. The van der Waals surface area contributed by atoms with Crippen LogP contribution in [0.5, 0.6) is 0 Å². The maximum absolute atomic E-state index is 12.5. The first-order chi connectivity index (χ1) is 12.4. The maximum atomic E-state index is 12.5. The number of imidazole rings is 1. The average Bonchev–Trinajstić information content (AvgIpc) is 3.21. The lowest BCUT2D eigenvalue weighted by atomic mass is 10.2. The van der Waals surface area contributed by atoms with Gasteiger partial charge in [0, 0.05) is 13.1 Å². The molecule has 26 heavy (non-hydrogen) atoms. The van der Waals surface area contributed by atoms with E-state index in [1.807, 2.05) is 31.2 Å². The number of hydrogen-bond acceptors (Lipinski definition) is 3. The molecule has 0 saturated carbocycles. The van der Waals surface area contributed by atoms with E-state index in [4.69, 9.17) is 4.98 Å².